The highest BCUT2D eigenvalue weighted by Crippen LogP contribution is 2.28. The van der Waals surface area contributed by atoms with Gasteiger partial charge in [0.25, 0.3) is 0 Å². The van der Waals surface area contributed by atoms with E-state index in [1.165, 1.54) is 6.20 Å². The van der Waals surface area contributed by atoms with Crippen molar-refractivity contribution in [2.45, 2.75) is 19.4 Å². The van der Waals surface area contributed by atoms with Gasteiger partial charge >= 0.3 is 0 Å². The van der Waals surface area contributed by atoms with Gasteiger partial charge in [0, 0.05) is 36.4 Å². The van der Waals surface area contributed by atoms with Gasteiger partial charge in [-0.2, -0.15) is 0 Å². The zero-order valence-corrected chi connectivity index (χ0v) is 17.9. The highest BCUT2D eigenvalue weighted by molar-refractivity contribution is 6.42. The van der Waals surface area contributed by atoms with Gasteiger partial charge in [-0.3, -0.25) is 9.78 Å². The fourth-order valence-corrected chi connectivity index (χ4v) is 3.96. The summed E-state index contributed by atoms with van der Waals surface area (Å²) in [5.41, 5.74) is 2.22. The lowest BCUT2D eigenvalue weighted by molar-refractivity contribution is -0.255. The number of nitrogens with zero attached hydrogens (tertiary/aromatic N) is 2. The third kappa shape index (κ3) is 4.48. The van der Waals surface area contributed by atoms with E-state index in [0.717, 1.165) is 16.8 Å². The molecule has 7 heteroatoms. The number of rotatable bonds is 6. The molecular weight excluding hydrogens is 435 g/mol. The van der Waals surface area contributed by atoms with E-state index in [9.17, 15) is 14.7 Å². The summed E-state index contributed by atoms with van der Waals surface area (Å²) >= 11 is 12.4. The molecular formula is C24H17Cl2N2O3-. The SMILES string of the molecule is O=C([O-])c1cn(CCc2ccccn2)c2ccc(Cc3cccc(Cl)c3Cl)cc2c1=O. The molecule has 0 atom stereocenters. The van der Waals surface area contributed by atoms with E-state index in [4.69, 9.17) is 23.2 Å². The van der Waals surface area contributed by atoms with E-state index in [1.54, 1.807) is 22.9 Å². The first-order chi connectivity index (χ1) is 14.9. The lowest BCUT2D eigenvalue weighted by Crippen LogP contribution is -2.30. The summed E-state index contributed by atoms with van der Waals surface area (Å²) in [6.45, 7) is 0.466. The lowest BCUT2D eigenvalue weighted by Gasteiger charge is -2.15. The lowest BCUT2D eigenvalue weighted by atomic mass is 10.0. The minimum atomic E-state index is -1.50. The normalized spacial score (nSPS) is 11.0. The number of carboxylic acid groups (broad SMARTS) is 1. The minimum absolute atomic E-state index is 0.318. The Morgan fingerprint density at radius 3 is 2.65 bits per heavy atom. The zero-order chi connectivity index (χ0) is 22.0. The standard InChI is InChI=1S/C24H18Cl2N2O3/c25-20-6-3-4-16(22(20)26)12-15-7-8-21-18(13-15)23(29)19(24(30)31)14-28(21)11-9-17-5-1-2-10-27-17/h1-8,10,13-14H,9,11-12H2,(H,30,31)/p-1. The molecule has 0 N–H and O–H groups in total. The molecule has 0 aliphatic heterocycles. The molecule has 0 spiro atoms. The van der Waals surface area contributed by atoms with Crippen molar-refractivity contribution in [1.29, 1.82) is 0 Å². The molecule has 0 radical (unpaired) electrons. The number of fused-ring (bicyclic) bond motifs is 1. The number of hydrogen-bond donors (Lipinski definition) is 0. The minimum Gasteiger partial charge on any atom is -0.545 e. The van der Waals surface area contributed by atoms with Crippen molar-refractivity contribution < 1.29 is 9.90 Å². The summed E-state index contributed by atoms with van der Waals surface area (Å²) in [6, 6.07) is 16.4. The van der Waals surface area contributed by atoms with Gasteiger partial charge in [-0.1, -0.05) is 47.5 Å². The number of pyridine rings is 2. The molecule has 0 saturated carbocycles. The van der Waals surface area contributed by atoms with Crippen molar-refractivity contribution in [2.75, 3.05) is 0 Å². The number of hydrogen-bond acceptors (Lipinski definition) is 4. The first-order valence-corrected chi connectivity index (χ1v) is 10.4. The number of benzene rings is 2. The quantitative estimate of drug-likeness (QED) is 0.445. The smallest absolute Gasteiger partial charge is 0.198 e. The average Bonchev–Trinajstić information content (AvgIpc) is 2.77. The molecule has 0 unspecified atom stereocenters. The van der Waals surface area contributed by atoms with Crippen LogP contribution in [0.4, 0.5) is 0 Å². The first kappa shape index (κ1) is 21.1. The van der Waals surface area contributed by atoms with Crippen molar-refractivity contribution in [1.82, 2.24) is 9.55 Å². The monoisotopic (exact) mass is 451 g/mol. The van der Waals surface area contributed by atoms with Crippen LogP contribution < -0.4 is 10.5 Å². The number of aromatic carboxylic acids is 1. The van der Waals surface area contributed by atoms with Gasteiger partial charge in [0.05, 0.1) is 27.1 Å². The molecule has 2 aromatic heterocycles. The average molecular weight is 452 g/mol. The van der Waals surface area contributed by atoms with Crippen LogP contribution >= 0.6 is 23.2 Å². The number of aryl methyl sites for hydroxylation is 2. The summed E-state index contributed by atoms with van der Waals surface area (Å²) < 4.78 is 1.76. The van der Waals surface area contributed by atoms with E-state index >= 15 is 0 Å². The third-order valence-corrected chi connectivity index (χ3v) is 5.98. The zero-order valence-electron chi connectivity index (χ0n) is 16.3. The van der Waals surface area contributed by atoms with Gasteiger partial charge in [-0.15, -0.1) is 0 Å². The second-order valence-corrected chi connectivity index (χ2v) is 7.95. The Morgan fingerprint density at radius 1 is 1.06 bits per heavy atom. The predicted octanol–water partition coefficient (Wildman–Crippen LogP) is 3.90. The van der Waals surface area contributed by atoms with E-state index in [-0.39, 0.29) is 5.56 Å². The Hall–Kier alpha value is -3.15. The van der Waals surface area contributed by atoms with Crippen molar-refractivity contribution in [3.05, 3.63) is 110 Å². The summed E-state index contributed by atoms with van der Waals surface area (Å²) in [5, 5.41) is 12.8. The van der Waals surface area contributed by atoms with Crippen molar-refractivity contribution in [3.63, 3.8) is 0 Å². The summed E-state index contributed by atoms with van der Waals surface area (Å²) in [5.74, 6) is -1.50. The molecule has 0 aliphatic carbocycles. The van der Waals surface area contributed by atoms with E-state index in [2.05, 4.69) is 4.98 Å². The molecule has 4 rings (SSSR count). The van der Waals surface area contributed by atoms with Crippen LogP contribution in [-0.2, 0) is 19.4 Å². The molecule has 31 heavy (non-hydrogen) atoms. The number of carbonyl (C=O) groups excluding carboxylic acids is 1. The van der Waals surface area contributed by atoms with Gasteiger partial charge in [0.2, 0.25) is 0 Å². The Morgan fingerprint density at radius 2 is 1.90 bits per heavy atom. The van der Waals surface area contributed by atoms with Crippen LogP contribution in [0.25, 0.3) is 10.9 Å². The van der Waals surface area contributed by atoms with Crippen LogP contribution in [0.2, 0.25) is 10.0 Å². The van der Waals surface area contributed by atoms with Crippen LogP contribution in [0, 0.1) is 0 Å². The van der Waals surface area contributed by atoms with Gasteiger partial charge < -0.3 is 14.5 Å². The molecule has 156 valence electrons. The van der Waals surface area contributed by atoms with Gasteiger partial charge in [0.1, 0.15) is 0 Å². The molecule has 0 saturated heterocycles. The van der Waals surface area contributed by atoms with Crippen LogP contribution in [0.5, 0.6) is 0 Å². The number of carbonyl (C=O) groups is 1. The van der Waals surface area contributed by atoms with Gasteiger partial charge in [-0.25, -0.2) is 0 Å². The predicted molar refractivity (Wildman–Crippen MR) is 120 cm³/mol. The van der Waals surface area contributed by atoms with Crippen molar-refractivity contribution >= 4 is 40.1 Å². The molecule has 0 fully saturated rings. The summed E-state index contributed by atoms with van der Waals surface area (Å²) in [6.07, 6.45) is 4.10. The van der Waals surface area contributed by atoms with E-state index in [1.807, 2.05) is 42.5 Å². The fraction of sp³-hybridized carbons (Fsp3) is 0.125. The number of halogens is 2. The third-order valence-electron chi connectivity index (χ3n) is 5.13. The molecule has 5 nitrogen and oxygen atoms in total. The highest BCUT2D eigenvalue weighted by Gasteiger charge is 2.12. The molecule has 0 bridgehead atoms. The number of aromatic nitrogens is 2. The van der Waals surface area contributed by atoms with Crippen molar-refractivity contribution in [2.24, 2.45) is 0 Å². The van der Waals surface area contributed by atoms with E-state index < -0.39 is 11.4 Å². The topological polar surface area (TPSA) is 75.0 Å². The fourth-order valence-electron chi connectivity index (χ4n) is 3.57. The molecule has 2 heterocycles. The second kappa shape index (κ2) is 8.92. The molecule has 0 aliphatic rings. The van der Waals surface area contributed by atoms with Crippen molar-refractivity contribution in [3.8, 4) is 0 Å². The van der Waals surface area contributed by atoms with Crippen LogP contribution in [-0.4, -0.2) is 15.5 Å². The molecule has 0 amide bonds. The maximum absolute atomic E-state index is 12.8. The Balaban J connectivity index is 1.76. The maximum Gasteiger partial charge on any atom is 0.198 e. The Kier molecular flexibility index (Phi) is 6.07. The molecule has 4 aromatic rings. The largest absolute Gasteiger partial charge is 0.545 e. The first-order valence-electron chi connectivity index (χ1n) is 9.64. The Bertz CT molecular complexity index is 1330. The maximum atomic E-state index is 12.8. The van der Waals surface area contributed by atoms with E-state index in [0.29, 0.717) is 40.3 Å². The summed E-state index contributed by atoms with van der Waals surface area (Å²) in [7, 11) is 0. The van der Waals surface area contributed by atoms with Gasteiger partial charge in [0.15, 0.2) is 5.43 Å². The second-order valence-electron chi connectivity index (χ2n) is 7.17. The summed E-state index contributed by atoms with van der Waals surface area (Å²) in [4.78, 5) is 28.7. The van der Waals surface area contributed by atoms with Crippen LogP contribution in [0.1, 0.15) is 27.2 Å². The Labute approximate surface area is 188 Å². The number of carboxylic acids is 1. The molecule has 2 aromatic carbocycles. The van der Waals surface area contributed by atoms with Crippen LogP contribution in [0.3, 0.4) is 0 Å². The van der Waals surface area contributed by atoms with Crippen LogP contribution in [0.15, 0.2) is 71.8 Å². The highest BCUT2D eigenvalue weighted by atomic mass is 35.5. The van der Waals surface area contributed by atoms with Gasteiger partial charge in [-0.05, 0) is 47.9 Å².